The lowest BCUT2D eigenvalue weighted by Crippen LogP contribution is -2.19. The van der Waals surface area contributed by atoms with Gasteiger partial charge in [0.25, 0.3) is 0 Å². The lowest BCUT2D eigenvalue weighted by atomic mass is 10.1. The van der Waals surface area contributed by atoms with Crippen molar-refractivity contribution in [2.75, 3.05) is 20.0 Å². The highest BCUT2D eigenvalue weighted by atomic mass is 32.1. The van der Waals surface area contributed by atoms with Crippen molar-refractivity contribution in [2.24, 2.45) is 5.10 Å². The normalized spacial score (nSPS) is 11.0. The summed E-state index contributed by atoms with van der Waals surface area (Å²) in [4.78, 5) is 16.3. The average Bonchev–Trinajstić information content (AvgIpc) is 3.00. The van der Waals surface area contributed by atoms with E-state index in [1.165, 1.54) is 11.3 Å². The highest BCUT2D eigenvalue weighted by molar-refractivity contribution is 7.22. The van der Waals surface area contributed by atoms with Crippen LogP contribution >= 0.6 is 11.3 Å². The summed E-state index contributed by atoms with van der Waals surface area (Å²) in [6, 6.07) is 11.0. The number of benzene rings is 2. The number of carbonyl (C=O) groups excluding carboxylic acids is 1. The van der Waals surface area contributed by atoms with Crippen molar-refractivity contribution >= 4 is 38.8 Å². The molecule has 3 aromatic rings. The van der Waals surface area contributed by atoms with Crippen LogP contribution < -0.4 is 20.6 Å². The fourth-order valence-electron chi connectivity index (χ4n) is 2.43. The van der Waals surface area contributed by atoms with Crippen LogP contribution in [0.1, 0.15) is 11.1 Å². The molecule has 7 nitrogen and oxygen atoms in total. The molecule has 0 spiro atoms. The first-order valence-electron chi connectivity index (χ1n) is 7.78. The molecule has 1 amide bonds. The van der Waals surface area contributed by atoms with Crippen LogP contribution in [0.2, 0.25) is 0 Å². The highest BCUT2D eigenvalue weighted by Crippen LogP contribution is 2.27. The van der Waals surface area contributed by atoms with Crippen LogP contribution in [-0.2, 0) is 11.2 Å². The van der Waals surface area contributed by atoms with Crippen LogP contribution in [0.5, 0.6) is 11.5 Å². The van der Waals surface area contributed by atoms with Crippen LogP contribution in [0.3, 0.4) is 0 Å². The molecule has 0 saturated carbocycles. The van der Waals surface area contributed by atoms with Crippen LogP contribution in [-0.4, -0.2) is 31.3 Å². The highest BCUT2D eigenvalue weighted by Gasteiger charge is 2.06. The maximum atomic E-state index is 12.1. The molecule has 0 radical (unpaired) electrons. The predicted molar refractivity (Wildman–Crippen MR) is 103 cm³/mol. The molecule has 0 atom stereocenters. The van der Waals surface area contributed by atoms with E-state index in [-0.39, 0.29) is 12.3 Å². The van der Waals surface area contributed by atoms with Gasteiger partial charge in [-0.2, -0.15) is 5.10 Å². The van der Waals surface area contributed by atoms with Gasteiger partial charge in [-0.25, -0.2) is 10.4 Å². The molecule has 1 heterocycles. The Bertz CT molecular complexity index is 968. The summed E-state index contributed by atoms with van der Waals surface area (Å²) in [5.74, 6) is 1.02. The number of hydrazone groups is 1. The topological polar surface area (TPSA) is 98.8 Å². The Morgan fingerprint density at radius 1 is 1.23 bits per heavy atom. The maximum Gasteiger partial charge on any atom is 0.244 e. The van der Waals surface area contributed by atoms with Crippen LogP contribution in [0.4, 0.5) is 5.13 Å². The molecule has 0 bridgehead atoms. The van der Waals surface area contributed by atoms with E-state index in [1.807, 2.05) is 24.3 Å². The van der Waals surface area contributed by atoms with Gasteiger partial charge < -0.3 is 15.2 Å². The number of rotatable bonds is 6. The molecule has 0 saturated heterocycles. The number of nitrogen functional groups attached to an aromatic ring is 1. The first-order valence-corrected chi connectivity index (χ1v) is 8.59. The van der Waals surface area contributed by atoms with Gasteiger partial charge in [-0.3, -0.25) is 4.79 Å². The molecule has 3 rings (SSSR count). The number of fused-ring (bicyclic) bond motifs is 1. The van der Waals surface area contributed by atoms with Crippen molar-refractivity contribution < 1.29 is 14.3 Å². The summed E-state index contributed by atoms with van der Waals surface area (Å²) in [6.45, 7) is 0. The third-order valence-electron chi connectivity index (χ3n) is 3.64. The number of ether oxygens (including phenoxy) is 2. The fourth-order valence-corrected chi connectivity index (χ4v) is 3.23. The summed E-state index contributed by atoms with van der Waals surface area (Å²) >= 11 is 1.40. The second kappa shape index (κ2) is 7.83. The van der Waals surface area contributed by atoms with E-state index in [0.717, 1.165) is 21.3 Å². The zero-order valence-corrected chi connectivity index (χ0v) is 15.2. The van der Waals surface area contributed by atoms with E-state index in [1.54, 1.807) is 32.6 Å². The minimum Gasteiger partial charge on any atom is -0.493 e. The van der Waals surface area contributed by atoms with E-state index in [4.69, 9.17) is 15.2 Å². The average molecular weight is 370 g/mol. The molecule has 2 aromatic carbocycles. The van der Waals surface area contributed by atoms with Gasteiger partial charge in [0.05, 0.1) is 37.1 Å². The molecule has 0 aliphatic carbocycles. The molecule has 1 aromatic heterocycles. The van der Waals surface area contributed by atoms with Gasteiger partial charge in [-0.05, 0) is 41.5 Å². The first-order chi connectivity index (χ1) is 12.6. The minimum absolute atomic E-state index is 0.210. The van der Waals surface area contributed by atoms with E-state index < -0.39 is 0 Å². The minimum atomic E-state index is -0.210. The van der Waals surface area contributed by atoms with Crippen molar-refractivity contribution in [1.29, 1.82) is 0 Å². The number of nitrogens with one attached hydrogen (secondary N) is 1. The Labute approximate surface area is 154 Å². The Kier molecular flexibility index (Phi) is 5.33. The largest absolute Gasteiger partial charge is 0.493 e. The number of amides is 1. The third-order valence-corrected chi connectivity index (χ3v) is 4.49. The quantitative estimate of drug-likeness (QED) is 0.513. The van der Waals surface area contributed by atoms with E-state index in [9.17, 15) is 4.79 Å². The van der Waals surface area contributed by atoms with Gasteiger partial charge in [0.2, 0.25) is 5.91 Å². The lowest BCUT2D eigenvalue weighted by Gasteiger charge is -2.07. The fraction of sp³-hybridized carbons (Fsp3) is 0.167. The van der Waals surface area contributed by atoms with Gasteiger partial charge in [-0.15, -0.1) is 0 Å². The second-order valence-corrected chi connectivity index (χ2v) is 6.50. The lowest BCUT2D eigenvalue weighted by molar-refractivity contribution is -0.120. The number of carbonyl (C=O) groups is 1. The van der Waals surface area contributed by atoms with Crippen molar-refractivity contribution in [3.63, 3.8) is 0 Å². The molecule has 0 fully saturated rings. The molecule has 0 unspecified atom stereocenters. The van der Waals surface area contributed by atoms with Crippen LogP contribution in [0.15, 0.2) is 41.5 Å². The van der Waals surface area contributed by atoms with Gasteiger partial charge >= 0.3 is 0 Å². The summed E-state index contributed by atoms with van der Waals surface area (Å²) in [7, 11) is 3.14. The Balaban J connectivity index is 1.61. The molecule has 8 heteroatoms. The molecular formula is C18H18N4O3S. The van der Waals surface area contributed by atoms with E-state index in [0.29, 0.717) is 16.6 Å². The number of hydrogen-bond acceptors (Lipinski definition) is 7. The first kappa shape index (κ1) is 17.7. The van der Waals surface area contributed by atoms with Crippen molar-refractivity contribution in [3.05, 3.63) is 47.5 Å². The predicted octanol–water partition coefficient (Wildman–Crippen LogP) is 2.59. The maximum absolute atomic E-state index is 12.1. The Hall–Kier alpha value is -3.13. The van der Waals surface area contributed by atoms with Gasteiger partial charge in [0.1, 0.15) is 0 Å². The van der Waals surface area contributed by atoms with E-state index in [2.05, 4.69) is 15.5 Å². The molecule has 3 N–H and O–H groups in total. The smallest absolute Gasteiger partial charge is 0.244 e. The van der Waals surface area contributed by atoms with Crippen LogP contribution in [0.25, 0.3) is 10.2 Å². The number of anilines is 1. The molecule has 134 valence electrons. The molecular weight excluding hydrogens is 352 g/mol. The standard InChI is InChI=1S/C18H18N4O3S/c1-24-14-6-4-12(7-15(14)25-2)10-20-22-17(23)9-11-3-5-13-16(8-11)26-18(19)21-13/h3-8,10H,9H2,1-2H3,(H2,19,21)(H,22,23)/b20-10-. The zero-order chi connectivity index (χ0) is 18.5. The number of aromatic nitrogens is 1. The number of nitrogens with two attached hydrogens (primary N) is 1. The Morgan fingerprint density at radius 3 is 2.81 bits per heavy atom. The number of hydrogen-bond donors (Lipinski definition) is 2. The second-order valence-electron chi connectivity index (χ2n) is 5.44. The van der Waals surface area contributed by atoms with Gasteiger partial charge in [0, 0.05) is 0 Å². The molecule has 0 aliphatic rings. The van der Waals surface area contributed by atoms with Crippen molar-refractivity contribution in [3.8, 4) is 11.5 Å². The number of methoxy groups -OCH3 is 2. The van der Waals surface area contributed by atoms with Crippen molar-refractivity contribution in [2.45, 2.75) is 6.42 Å². The third kappa shape index (κ3) is 4.09. The molecule has 26 heavy (non-hydrogen) atoms. The summed E-state index contributed by atoms with van der Waals surface area (Å²) in [5, 5.41) is 4.50. The number of thiazole rings is 1. The summed E-state index contributed by atoms with van der Waals surface area (Å²) in [6.07, 6.45) is 1.77. The number of nitrogens with zero attached hydrogens (tertiary/aromatic N) is 2. The summed E-state index contributed by atoms with van der Waals surface area (Å²) in [5.41, 5.74) is 10.7. The van der Waals surface area contributed by atoms with Crippen LogP contribution in [0, 0.1) is 0 Å². The monoisotopic (exact) mass is 370 g/mol. The molecule has 0 aliphatic heterocycles. The zero-order valence-electron chi connectivity index (χ0n) is 14.4. The Morgan fingerprint density at radius 2 is 2.04 bits per heavy atom. The van der Waals surface area contributed by atoms with E-state index >= 15 is 0 Å². The van der Waals surface area contributed by atoms with Gasteiger partial charge in [0.15, 0.2) is 16.6 Å². The van der Waals surface area contributed by atoms with Crippen molar-refractivity contribution in [1.82, 2.24) is 10.4 Å². The summed E-state index contributed by atoms with van der Waals surface area (Å²) < 4.78 is 11.4. The van der Waals surface area contributed by atoms with Gasteiger partial charge in [-0.1, -0.05) is 17.4 Å². The SMILES string of the molecule is COc1ccc(/C=N\NC(=O)Cc2ccc3nc(N)sc3c2)cc1OC.